The fraction of sp³-hybridized carbons (Fsp3) is 0.130. The number of hydrogen-bond donors (Lipinski definition) is 1. The minimum Gasteiger partial charge on any atom is -0.444 e. The monoisotopic (exact) mass is 374 g/mol. The number of amides is 2. The van der Waals surface area contributed by atoms with E-state index in [4.69, 9.17) is 10.5 Å². The number of nitrogens with zero attached hydrogens (tertiary/aromatic N) is 1. The number of nitrogens with two attached hydrogens (primary N) is 1. The Balaban J connectivity index is 1.76. The number of hydrogen-bond acceptors (Lipinski definition) is 4. The van der Waals surface area contributed by atoms with E-state index < -0.39 is 18.0 Å². The fourth-order valence-corrected chi connectivity index (χ4v) is 2.80. The number of carbonyl (C=O) groups excluding carboxylic acids is 2. The zero-order valence-corrected chi connectivity index (χ0v) is 15.4. The van der Waals surface area contributed by atoms with Gasteiger partial charge in [0.15, 0.2) is 0 Å². The largest absolute Gasteiger partial charge is 0.444 e. The van der Waals surface area contributed by atoms with Crippen LogP contribution in [0.1, 0.15) is 11.1 Å². The third-order valence-electron chi connectivity index (χ3n) is 4.24. The summed E-state index contributed by atoms with van der Waals surface area (Å²) in [7, 11) is 0. The smallest absolute Gasteiger partial charge is 0.421 e. The van der Waals surface area contributed by atoms with Crippen LogP contribution in [0.5, 0.6) is 0 Å². The fourth-order valence-electron chi connectivity index (χ4n) is 2.80. The highest BCUT2D eigenvalue weighted by molar-refractivity contribution is 6.14. The van der Waals surface area contributed by atoms with E-state index in [1.807, 2.05) is 66.7 Å². The molecule has 0 aromatic heterocycles. The average molecular weight is 374 g/mol. The predicted octanol–water partition coefficient (Wildman–Crippen LogP) is 3.93. The Morgan fingerprint density at radius 3 is 1.86 bits per heavy atom. The first-order valence-corrected chi connectivity index (χ1v) is 9.04. The van der Waals surface area contributed by atoms with E-state index in [0.29, 0.717) is 12.1 Å². The summed E-state index contributed by atoms with van der Waals surface area (Å²) in [5, 5.41) is 0. The van der Waals surface area contributed by atoms with E-state index in [1.165, 1.54) is 0 Å². The van der Waals surface area contributed by atoms with Crippen molar-refractivity contribution in [3.63, 3.8) is 0 Å². The highest BCUT2D eigenvalue weighted by atomic mass is 16.6. The van der Waals surface area contributed by atoms with E-state index in [1.54, 1.807) is 24.3 Å². The normalized spacial score (nSPS) is 11.5. The summed E-state index contributed by atoms with van der Waals surface area (Å²) in [6, 6.07) is 26.6. The lowest BCUT2D eigenvalue weighted by Crippen LogP contribution is -2.48. The van der Waals surface area contributed by atoms with Crippen LogP contribution in [0.4, 0.5) is 10.5 Å². The number of rotatable bonds is 6. The van der Waals surface area contributed by atoms with Gasteiger partial charge in [-0.25, -0.2) is 9.69 Å². The summed E-state index contributed by atoms with van der Waals surface area (Å²) >= 11 is 0. The Morgan fingerprint density at radius 1 is 0.786 bits per heavy atom. The SMILES string of the molecule is N[C@@H](Cc1ccccc1)C(=O)N(C(=O)OCc1ccccc1)c1ccccc1. The second kappa shape index (κ2) is 9.48. The zero-order chi connectivity index (χ0) is 19.8. The first-order chi connectivity index (χ1) is 13.6. The van der Waals surface area contributed by atoms with Crippen LogP contribution >= 0.6 is 0 Å². The highest BCUT2D eigenvalue weighted by Gasteiger charge is 2.29. The molecule has 1 atom stereocenters. The maximum absolute atomic E-state index is 13.0. The average Bonchev–Trinajstić information content (AvgIpc) is 2.74. The molecule has 0 aliphatic rings. The molecule has 0 bridgehead atoms. The molecule has 0 saturated carbocycles. The predicted molar refractivity (Wildman–Crippen MR) is 109 cm³/mol. The van der Waals surface area contributed by atoms with E-state index in [9.17, 15) is 9.59 Å². The van der Waals surface area contributed by atoms with E-state index in [2.05, 4.69) is 0 Å². The van der Waals surface area contributed by atoms with Gasteiger partial charge in [-0.05, 0) is 29.7 Å². The van der Waals surface area contributed by atoms with Crippen molar-refractivity contribution in [2.45, 2.75) is 19.1 Å². The van der Waals surface area contributed by atoms with Gasteiger partial charge in [0.05, 0.1) is 11.7 Å². The number of para-hydroxylation sites is 1. The Kier molecular flexibility index (Phi) is 6.54. The van der Waals surface area contributed by atoms with Crippen molar-refractivity contribution >= 4 is 17.7 Å². The molecule has 2 amide bonds. The van der Waals surface area contributed by atoms with Crippen molar-refractivity contribution in [2.75, 3.05) is 4.90 Å². The molecule has 3 aromatic carbocycles. The van der Waals surface area contributed by atoms with Gasteiger partial charge in [0.2, 0.25) is 0 Å². The molecule has 0 unspecified atom stereocenters. The lowest BCUT2D eigenvalue weighted by molar-refractivity contribution is -0.119. The van der Waals surface area contributed by atoms with Crippen molar-refractivity contribution in [3.05, 3.63) is 102 Å². The van der Waals surface area contributed by atoms with Gasteiger partial charge in [-0.2, -0.15) is 0 Å². The third kappa shape index (κ3) is 5.05. The molecular weight excluding hydrogens is 352 g/mol. The van der Waals surface area contributed by atoms with Crippen LogP contribution in [-0.4, -0.2) is 18.0 Å². The van der Waals surface area contributed by atoms with Crippen molar-refractivity contribution < 1.29 is 14.3 Å². The Morgan fingerprint density at radius 2 is 1.29 bits per heavy atom. The molecule has 0 aliphatic carbocycles. The molecule has 3 rings (SSSR count). The molecule has 0 heterocycles. The molecule has 0 radical (unpaired) electrons. The number of ether oxygens (including phenoxy) is 1. The number of benzene rings is 3. The Labute approximate surface area is 164 Å². The van der Waals surface area contributed by atoms with Crippen LogP contribution in [-0.2, 0) is 22.6 Å². The van der Waals surface area contributed by atoms with Gasteiger partial charge in [-0.3, -0.25) is 4.79 Å². The summed E-state index contributed by atoms with van der Waals surface area (Å²) in [6.07, 6.45) is -0.418. The number of carbonyl (C=O) groups is 2. The lowest BCUT2D eigenvalue weighted by atomic mass is 10.1. The van der Waals surface area contributed by atoms with Gasteiger partial charge in [0.25, 0.3) is 5.91 Å². The second-order valence-electron chi connectivity index (χ2n) is 6.35. The summed E-state index contributed by atoms with van der Waals surface area (Å²) in [6.45, 7) is 0.0736. The molecular formula is C23H22N2O3. The van der Waals surface area contributed by atoms with Gasteiger partial charge in [0.1, 0.15) is 6.61 Å². The minimum atomic E-state index is -0.869. The maximum Gasteiger partial charge on any atom is 0.421 e. The first kappa shape index (κ1) is 19.3. The number of imide groups is 1. The second-order valence-corrected chi connectivity index (χ2v) is 6.35. The molecule has 28 heavy (non-hydrogen) atoms. The quantitative estimate of drug-likeness (QED) is 0.710. The van der Waals surface area contributed by atoms with Gasteiger partial charge >= 0.3 is 6.09 Å². The third-order valence-corrected chi connectivity index (χ3v) is 4.24. The molecule has 0 aliphatic heterocycles. The first-order valence-electron chi connectivity index (χ1n) is 9.04. The van der Waals surface area contributed by atoms with Crippen molar-refractivity contribution in [3.8, 4) is 0 Å². The van der Waals surface area contributed by atoms with Crippen molar-refractivity contribution in [1.29, 1.82) is 0 Å². The molecule has 142 valence electrons. The van der Waals surface area contributed by atoms with Gasteiger partial charge in [-0.1, -0.05) is 78.9 Å². The summed E-state index contributed by atoms with van der Waals surface area (Å²) in [5.41, 5.74) is 8.32. The van der Waals surface area contributed by atoms with E-state index in [0.717, 1.165) is 16.0 Å². The maximum atomic E-state index is 13.0. The van der Waals surface area contributed by atoms with Gasteiger partial charge < -0.3 is 10.5 Å². The van der Waals surface area contributed by atoms with E-state index >= 15 is 0 Å². The van der Waals surface area contributed by atoms with Crippen LogP contribution in [0.15, 0.2) is 91.0 Å². The standard InChI is InChI=1S/C23H22N2O3/c24-21(16-18-10-4-1-5-11-18)22(26)25(20-14-8-3-9-15-20)23(27)28-17-19-12-6-2-7-13-19/h1-15,21H,16-17,24H2/t21-/m0/s1. The van der Waals surface area contributed by atoms with Crippen LogP contribution in [0.2, 0.25) is 0 Å². The molecule has 2 N–H and O–H groups in total. The van der Waals surface area contributed by atoms with Crippen LogP contribution in [0, 0.1) is 0 Å². The van der Waals surface area contributed by atoms with Crippen LogP contribution in [0.3, 0.4) is 0 Å². The highest BCUT2D eigenvalue weighted by Crippen LogP contribution is 2.17. The molecule has 5 heteroatoms. The molecule has 5 nitrogen and oxygen atoms in total. The lowest BCUT2D eigenvalue weighted by Gasteiger charge is -2.23. The van der Waals surface area contributed by atoms with Gasteiger partial charge in [0, 0.05) is 0 Å². The molecule has 0 saturated heterocycles. The molecule has 0 fully saturated rings. The summed E-state index contributed by atoms with van der Waals surface area (Å²) in [4.78, 5) is 26.8. The zero-order valence-electron chi connectivity index (χ0n) is 15.4. The molecule has 0 spiro atoms. The van der Waals surface area contributed by atoms with E-state index in [-0.39, 0.29) is 6.61 Å². The number of anilines is 1. The van der Waals surface area contributed by atoms with Crippen LogP contribution < -0.4 is 10.6 Å². The minimum absolute atomic E-state index is 0.0736. The molecule has 3 aromatic rings. The topological polar surface area (TPSA) is 72.6 Å². The summed E-state index contributed by atoms with van der Waals surface area (Å²) in [5.74, 6) is -0.506. The van der Waals surface area contributed by atoms with Crippen LogP contribution in [0.25, 0.3) is 0 Å². The Hall–Kier alpha value is -3.44. The van der Waals surface area contributed by atoms with Crippen molar-refractivity contribution in [1.82, 2.24) is 0 Å². The summed E-state index contributed by atoms with van der Waals surface area (Å²) < 4.78 is 5.38. The Bertz CT molecular complexity index is 899. The van der Waals surface area contributed by atoms with Gasteiger partial charge in [-0.15, -0.1) is 0 Å². The van der Waals surface area contributed by atoms with Crippen molar-refractivity contribution in [2.24, 2.45) is 5.73 Å².